The van der Waals surface area contributed by atoms with Crippen LogP contribution < -0.4 is 0 Å². The summed E-state index contributed by atoms with van der Waals surface area (Å²) in [5.41, 5.74) is 0.102. The van der Waals surface area contributed by atoms with E-state index in [1.165, 1.54) is 18.3 Å². The van der Waals surface area contributed by atoms with Gasteiger partial charge in [-0.05, 0) is 31.4 Å². The van der Waals surface area contributed by atoms with Crippen molar-refractivity contribution in [2.45, 2.75) is 38.1 Å². The maximum atomic E-state index is 12.8. The van der Waals surface area contributed by atoms with E-state index < -0.39 is 5.97 Å². The van der Waals surface area contributed by atoms with Crippen molar-refractivity contribution in [3.05, 3.63) is 29.6 Å². The summed E-state index contributed by atoms with van der Waals surface area (Å²) in [4.78, 5) is 29.3. The second-order valence-corrected chi connectivity index (χ2v) is 5.70. The summed E-state index contributed by atoms with van der Waals surface area (Å²) < 4.78 is 5.36. The Morgan fingerprint density at radius 3 is 2.77 bits per heavy atom. The molecule has 2 rings (SSSR count). The van der Waals surface area contributed by atoms with E-state index in [9.17, 15) is 9.59 Å². The molecule has 0 saturated carbocycles. The zero-order chi connectivity index (χ0) is 16.2. The monoisotopic (exact) mass is 306 g/mol. The number of pyridine rings is 1. The molecule has 0 bridgehead atoms. The van der Waals surface area contributed by atoms with Crippen molar-refractivity contribution >= 4 is 11.9 Å². The predicted octanol–water partition coefficient (Wildman–Crippen LogP) is 2.20. The number of rotatable bonds is 6. The van der Waals surface area contributed by atoms with Crippen molar-refractivity contribution in [3.8, 4) is 0 Å². The number of aromatic nitrogens is 1. The molecule has 0 spiro atoms. The third-order valence-corrected chi connectivity index (χ3v) is 4.20. The molecule has 1 aromatic heterocycles. The Labute approximate surface area is 130 Å². The Bertz CT molecular complexity index is 536. The van der Waals surface area contributed by atoms with Crippen LogP contribution in [0.2, 0.25) is 0 Å². The third-order valence-electron chi connectivity index (χ3n) is 4.20. The number of amides is 1. The van der Waals surface area contributed by atoms with Crippen LogP contribution in [0.15, 0.2) is 18.3 Å². The van der Waals surface area contributed by atoms with Gasteiger partial charge in [0.1, 0.15) is 5.69 Å². The molecule has 1 aliphatic rings. The first kappa shape index (κ1) is 16.4. The molecule has 2 heterocycles. The van der Waals surface area contributed by atoms with Gasteiger partial charge < -0.3 is 14.7 Å². The maximum Gasteiger partial charge on any atom is 0.354 e. The third kappa shape index (κ3) is 3.11. The minimum absolute atomic E-state index is 0.0605. The van der Waals surface area contributed by atoms with Crippen molar-refractivity contribution in [1.29, 1.82) is 0 Å². The van der Waals surface area contributed by atoms with Crippen molar-refractivity contribution in [2.75, 3.05) is 20.3 Å². The van der Waals surface area contributed by atoms with Crippen LogP contribution in [-0.4, -0.2) is 52.7 Å². The number of carbonyl (C=O) groups is 2. The summed E-state index contributed by atoms with van der Waals surface area (Å²) in [5, 5.41) is 8.87. The number of ether oxygens (including phenoxy) is 1. The highest BCUT2D eigenvalue weighted by molar-refractivity contribution is 5.95. The molecule has 1 atom stereocenters. The van der Waals surface area contributed by atoms with Crippen LogP contribution in [-0.2, 0) is 4.74 Å². The van der Waals surface area contributed by atoms with Crippen LogP contribution in [0.25, 0.3) is 0 Å². The Kier molecular flexibility index (Phi) is 5.13. The quantitative estimate of drug-likeness (QED) is 0.871. The lowest BCUT2D eigenvalue weighted by molar-refractivity contribution is 0.0254. The molecule has 1 unspecified atom stereocenters. The number of carboxylic acids is 1. The first-order valence-electron chi connectivity index (χ1n) is 7.54. The van der Waals surface area contributed by atoms with Gasteiger partial charge in [-0.3, -0.25) is 4.79 Å². The number of nitrogens with zero attached hydrogens (tertiary/aromatic N) is 2. The molecule has 6 nitrogen and oxygen atoms in total. The summed E-state index contributed by atoms with van der Waals surface area (Å²) in [7, 11) is 1.65. The molecule has 6 heteroatoms. The molecule has 22 heavy (non-hydrogen) atoms. The van der Waals surface area contributed by atoms with E-state index in [-0.39, 0.29) is 17.1 Å². The van der Waals surface area contributed by atoms with Gasteiger partial charge >= 0.3 is 5.97 Å². The fourth-order valence-electron chi connectivity index (χ4n) is 3.27. The molecule has 1 saturated heterocycles. The Morgan fingerprint density at radius 1 is 1.45 bits per heavy atom. The van der Waals surface area contributed by atoms with E-state index in [1.807, 2.05) is 4.90 Å². The maximum absolute atomic E-state index is 12.8. The fourth-order valence-corrected chi connectivity index (χ4v) is 3.27. The van der Waals surface area contributed by atoms with E-state index in [4.69, 9.17) is 9.84 Å². The Hall–Kier alpha value is -1.95. The van der Waals surface area contributed by atoms with Crippen molar-refractivity contribution in [1.82, 2.24) is 9.88 Å². The minimum Gasteiger partial charge on any atom is -0.477 e. The van der Waals surface area contributed by atoms with Gasteiger partial charge in [-0.1, -0.05) is 13.3 Å². The van der Waals surface area contributed by atoms with Gasteiger partial charge in [-0.15, -0.1) is 0 Å². The van der Waals surface area contributed by atoms with E-state index in [0.717, 1.165) is 25.7 Å². The molecular formula is C16H22N2O4. The van der Waals surface area contributed by atoms with Gasteiger partial charge in [-0.2, -0.15) is 0 Å². The van der Waals surface area contributed by atoms with E-state index in [2.05, 4.69) is 11.9 Å². The number of likely N-dealkylation sites (tertiary alicyclic amines) is 1. The number of hydrogen-bond donors (Lipinski definition) is 1. The smallest absolute Gasteiger partial charge is 0.354 e. The number of hydrogen-bond acceptors (Lipinski definition) is 4. The zero-order valence-electron chi connectivity index (χ0n) is 13.0. The molecule has 0 radical (unpaired) electrons. The fraction of sp³-hybridized carbons (Fsp3) is 0.562. The Morgan fingerprint density at radius 2 is 2.23 bits per heavy atom. The number of methoxy groups -OCH3 is 1. The van der Waals surface area contributed by atoms with Crippen molar-refractivity contribution in [2.24, 2.45) is 0 Å². The van der Waals surface area contributed by atoms with Gasteiger partial charge in [0, 0.05) is 19.9 Å². The molecule has 1 N–H and O–H groups in total. The molecule has 1 fully saturated rings. The summed E-state index contributed by atoms with van der Waals surface area (Å²) in [5.74, 6) is -1.20. The van der Waals surface area contributed by atoms with Crippen LogP contribution in [0.3, 0.4) is 0 Å². The highest BCUT2D eigenvalue weighted by atomic mass is 16.5. The molecular weight excluding hydrogens is 284 g/mol. The van der Waals surface area contributed by atoms with Gasteiger partial charge in [0.25, 0.3) is 5.91 Å². The standard InChI is InChI=1S/C16H22N2O4/c1-3-7-16(11-22-2)8-4-9-18(16)14(19)12-5-6-13(15(20)21)17-10-12/h5-6,10H,3-4,7-9,11H2,1-2H3,(H,20,21). The number of aromatic carboxylic acids is 1. The Balaban J connectivity index is 2.24. The van der Waals surface area contributed by atoms with Gasteiger partial charge in [0.2, 0.25) is 0 Å². The summed E-state index contributed by atoms with van der Waals surface area (Å²) >= 11 is 0. The number of carbonyl (C=O) groups excluding carboxylic acids is 1. The van der Waals surface area contributed by atoms with Crippen molar-refractivity contribution in [3.63, 3.8) is 0 Å². The van der Waals surface area contributed by atoms with Crippen molar-refractivity contribution < 1.29 is 19.4 Å². The second-order valence-electron chi connectivity index (χ2n) is 5.70. The van der Waals surface area contributed by atoms with E-state index in [1.54, 1.807) is 7.11 Å². The topological polar surface area (TPSA) is 79.7 Å². The number of carboxylic acid groups (broad SMARTS) is 1. The van der Waals surface area contributed by atoms with Crippen LogP contribution >= 0.6 is 0 Å². The first-order chi connectivity index (χ1) is 10.5. The second kappa shape index (κ2) is 6.87. The minimum atomic E-state index is -1.10. The van der Waals surface area contributed by atoms with Gasteiger partial charge in [0.15, 0.2) is 0 Å². The van der Waals surface area contributed by atoms with Gasteiger partial charge in [0.05, 0.1) is 17.7 Å². The van der Waals surface area contributed by atoms with Crippen LogP contribution in [0.5, 0.6) is 0 Å². The predicted molar refractivity (Wildman–Crippen MR) is 81.0 cm³/mol. The lowest BCUT2D eigenvalue weighted by Gasteiger charge is -2.38. The summed E-state index contributed by atoms with van der Waals surface area (Å²) in [6.07, 6.45) is 5.10. The molecule has 1 aliphatic heterocycles. The molecule has 0 aromatic carbocycles. The van der Waals surface area contributed by atoms with Gasteiger partial charge in [-0.25, -0.2) is 9.78 Å². The van der Waals surface area contributed by atoms with E-state index in [0.29, 0.717) is 18.7 Å². The summed E-state index contributed by atoms with van der Waals surface area (Å²) in [6.45, 7) is 3.32. The first-order valence-corrected chi connectivity index (χ1v) is 7.54. The SMILES string of the molecule is CCCC1(COC)CCCN1C(=O)c1ccc(C(=O)O)nc1. The highest BCUT2D eigenvalue weighted by Gasteiger charge is 2.43. The summed E-state index contributed by atoms with van der Waals surface area (Å²) in [6, 6.07) is 2.89. The van der Waals surface area contributed by atoms with E-state index >= 15 is 0 Å². The zero-order valence-corrected chi connectivity index (χ0v) is 13.0. The normalized spacial score (nSPS) is 21.1. The molecule has 0 aliphatic carbocycles. The van der Waals surface area contributed by atoms with Crippen LogP contribution in [0.1, 0.15) is 53.5 Å². The lowest BCUT2D eigenvalue weighted by Crippen LogP contribution is -2.50. The lowest BCUT2D eigenvalue weighted by atomic mass is 9.91. The molecule has 1 amide bonds. The average molecular weight is 306 g/mol. The largest absolute Gasteiger partial charge is 0.477 e. The van der Waals surface area contributed by atoms with Crippen LogP contribution in [0, 0.1) is 0 Å². The van der Waals surface area contributed by atoms with Crippen LogP contribution in [0.4, 0.5) is 0 Å². The molecule has 1 aromatic rings. The molecule has 120 valence electrons. The highest BCUT2D eigenvalue weighted by Crippen LogP contribution is 2.35. The average Bonchev–Trinajstić information content (AvgIpc) is 2.91.